The molecule has 0 saturated carbocycles. The van der Waals surface area contributed by atoms with Gasteiger partial charge in [0, 0.05) is 5.69 Å². The standard InChI is InChI=1S/C12H10Cl2N4O/c13-9-3-1-7(5-10(9)14)17-12(19)11-4-2-8(18-15)6-16-11/h1-6,18H,15H2,(H,17,19). The van der Waals surface area contributed by atoms with Crippen LogP contribution in [0, 0.1) is 0 Å². The molecule has 0 fully saturated rings. The van der Waals surface area contributed by atoms with E-state index in [0.29, 0.717) is 21.4 Å². The largest absolute Gasteiger partial charge is 0.323 e. The van der Waals surface area contributed by atoms with E-state index in [1.54, 1.807) is 30.3 Å². The van der Waals surface area contributed by atoms with E-state index in [1.807, 2.05) is 0 Å². The molecule has 0 aliphatic rings. The lowest BCUT2D eigenvalue weighted by Crippen LogP contribution is -2.14. The third kappa shape index (κ3) is 3.35. The second-order valence-corrected chi connectivity index (χ2v) is 4.47. The van der Waals surface area contributed by atoms with E-state index >= 15 is 0 Å². The summed E-state index contributed by atoms with van der Waals surface area (Å²) in [5.74, 6) is 4.87. The van der Waals surface area contributed by atoms with Crippen LogP contribution in [0.25, 0.3) is 0 Å². The first kappa shape index (κ1) is 13.6. The number of rotatable bonds is 3. The van der Waals surface area contributed by atoms with Crippen molar-refractivity contribution in [3.63, 3.8) is 0 Å². The molecule has 0 aliphatic carbocycles. The van der Waals surface area contributed by atoms with Gasteiger partial charge in [-0.3, -0.25) is 10.6 Å². The number of pyridine rings is 1. The highest BCUT2D eigenvalue weighted by atomic mass is 35.5. The first-order valence-electron chi connectivity index (χ1n) is 5.29. The Morgan fingerprint density at radius 1 is 1.11 bits per heavy atom. The Bertz CT molecular complexity index is 601. The Morgan fingerprint density at radius 3 is 2.42 bits per heavy atom. The van der Waals surface area contributed by atoms with Gasteiger partial charge in [-0.15, -0.1) is 0 Å². The fraction of sp³-hybridized carbons (Fsp3) is 0. The average molecular weight is 297 g/mol. The first-order valence-corrected chi connectivity index (χ1v) is 6.05. The molecule has 5 nitrogen and oxygen atoms in total. The topological polar surface area (TPSA) is 80.0 Å². The molecule has 0 spiro atoms. The van der Waals surface area contributed by atoms with E-state index in [9.17, 15) is 4.79 Å². The number of nitrogens with zero attached hydrogens (tertiary/aromatic N) is 1. The molecule has 0 bridgehead atoms. The lowest BCUT2D eigenvalue weighted by atomic mass is 10.3. The van der Waals surface area contributed by atoms with Crippen LogP contribution in [-0.4, -0.2) is 10.9 Å². The highest BCUT2D eigenvalue weighted by Crippen LogP contribution is 2.25. The Balaban J connectivity index is 2.13. The zero-order chi connectivity index (χ0) is 13.8. The Hall–Kier alpha value is -1.82. The van der Waals surface area contributed by atoms with Gasteiger partial charge in [0.1, 0.15) is 5.69 Å². The van der Waals surface area contributed by atoms with Gasteiger partial charge in [0.05, 0.1) is 21.9 Å². The number of carbonyl (C=O) groups is 1. The van der Waals surface area contributed by atoms with E-state index in [4.69, 9.17) is 29.0 Å². The van der Waals surface area contributed by atoms with Crippen molar-refractivity contribution in [2.24, 2.45) is 5.84 Å². The van der Waals surface area contributed by atoms with Crippen molar-refractivity contribution in [1.29, 1.82) is 0 Å². The van der Waals surface area contributed by atoms with Crippen LogP contribution in [0.3, 0.4) is 0 Å². The van der Waals surface area contributed by atoms with Crippen LogP contribution in [0.5, 0.6) is 0 Å². The van der Waals surface area contributed by atoms with Crippen LogP contribution < -0.4 is 16.6 Å². The van der Waals surface area contributed by atoms with Gasteiger partial charge in [-0.2, -0.15) is 0 Å². The second kappa shape index (κ2) is 5.88. The van der Waals surface area contributed by atoms with Crippen molar-refractivity contribution in [1.82, 2.24) is 4.98 Å². The van der Waals surface area contributed by atoms with Crippen molar-refractivity contribution in [3.05, 3.63) is 52.3 Å². The number of nitrogen functional groups attached to an aromatic ring is 1. The number of hydrazine groups is 1. The molecule has 0 unspecified atom stereocenters. The first-order chi connectivity index (χ1) is 9.10. The fourth-order valence-electron chi connectivity index (χ4n) is 1.38. The minimum Gasteiger partial charge on any atom is -0.323 e. The maximum absolute atomic E-state index is 11.9. The molecular formula is C12H10Cl2N4O. The van der Waals surface area contributed by atoms with Gasteiger partial charge in [-0.25, -0.2) is 4.98 Å². The molecule has 98 valence electrons. The zero-order valence-electron chi connectivity index (χ0n) is 9.65. The van der Waals surface area contributed by atoms with E-state index in [0.717, 1.165) is 0 Å². The van der Waals surface area contributed by atoms with Crippen molar-refractivity contribution in [2.75, 3.05) is 10.7 Å². The predicted octanol–water partition coefficient (Wildman–Crippen LogP) is 2.93. The molecule has 7 heteroatoms. The molecule has 0 atom stereocenters. The quantitative estimate of drug-likeness (QED) is 0.601. The summed E-state index contributed by atoms with van der Waals surface area (Å²) in [7, 11) is 0. The normalized spacial score (nSPS) is 10.1. The third-order valence-electron chi connectivity index (χ3n) is 2.34. The van der Waals surface area contributed by atoms with Crippen molar-refractivity contribution in [3.8, 4) is 0 Å². The van der Waals surface area contributed by atoms with Gasteiger partial charge >= 0.3 is 0 Å². The number of nitrogens with two attached hydrogens (primary N) is 1. The second-order valence-electron chi connectivity index (χ2n) is 3.66. The smallest absolute Gasteiger partial charge is 0.274 e. The summed E-state index contributed by atoms with van der Waals surface area (Å²) in [5.41, 5.74) is 3.86. The van der Waals surface area contributed by atoms with Gasteiger partial charge in [0.15, 0.2) is 0 Å². The average Bonchev–Trinajstić information content (AvgIpc) is 2.43. The Morgan fingerprint density at radius 2 is 1.84 bits per heavy atom. The van der Waals surface area contributed by atoms with Crippen molar-refractivity contribution in [2.45, 2.75) is 0 Å². The molecule has 2 rings (SSSR count). The lowest BCUT2D eigenvalue weighted by molar-refractivity contribution is 0.102. The van der Waals surface area contributed by atoms with Crippen LogP contribution in [0.4, 0.5) is 11.4 Å². The van der Waals surface area contributed by atoms with E-state index in [2.05, 4.69) is 15.7 Å². The van der Waals surface area contributed by atoms with Crippen LogP contribution in [-0.2, 0) is 0 Å². The number of amides is 1. The van der Waals surface area contributed by atoms with Gasteiger partial charge in [0.2, 0.25) is 0 Å². The summed E-state index contributed by atoms with van der Waals surface area (Å²) < 4.78 is 0. The highest BCUT2D eigenvalue weighted by molar-refractivity contribution is 6.42. The van der Waals surface area contributed by atoms with Crippen LogP contribution >= 0.6 is 23.2 Å². The number of hydrogen-bond donors (Lipinski definition) is 3. The lowest BCUT2D eigenvalue weighted by Gasteiger charge is -2.06. The monoisotopic (exact) mass is 296 g/mol. The summed E-state index contributed by atoms with van der Waals surface area (Å²) in [5, 5.41) is 3.47. The number of hydrogen-bond acceptors (Lipinski definition) is 4. The molecule has 0 aliphatic heterocycles. The molecule has 1 aromatic carbocycles. The van der Waals surface area contributed by atoms with Crippen molar-refractivity contribution >= 4 is 40.5 Å². The van der Waals surface area contributed by atoms with E-state index in [1.165, 1.54) is 6.20 Å². The third-order valence-corrected chi connectivity index (χ3v) is 3.08. The number of anilines is 2. The molecule has 1 amide bonds. The van der Waals surface area contributed by atoms with Crippen LogP contribution in [0.1, 0.15) is 10.5 Å². The number of carbonyl (C=O) groups excluding carboxylic acids is 1. The molecule has 4 N–H and O–H groups in total. The van der Waals surface area contributed by atoms with E-state index in [-0.39, 0.29) is 11.6 Å². The summed E-state index contributed by atoms with van der Waals surface area (Å²) >= 11 is 11.7. The van der Waals surface area contributed by atoms with E-state index < -0.39 is 0 Å². The molecule has 19 heavy (non-hydrogen) atoms. The SMILES string of the molecule is NNc1ccc(C(=O)Nc2ccc(Cl)c(Cl)c2)nc1. The summed E-state index contributed by atoms with van der Waals surface area (Å²) in [4.78, 5) is 15.9. The summed E-state index contributed by atoms with van der Waals surface area (Å²) in [6.07, 6.45) is 1.46. The minimum atomic E-state index is -0.345. The number of halogens is 2. The van der Waals surface area contributed by atoms with Gasteiger partial charge in [0.25, 0.3) is 5.91 Å². The number of aromatic nitrogens is 1. The summed E-state index contributed by atoms with van der Waals surface area (Å²) in [6.45, 7) is 0. The van der Waals surface area contributed by atoms with Crippen molar-refractivity contribution < 1.29 is 4.79 Å². The zero-order valence-corrected chi connectivity index (χ0v) is 11.2. The fourth-order valence-corrected chi connectivity index (χ4v) is 1.68. The molecular weight excluding hydrogens is 287 g/mol. The molecule has 2 aromatic rings. The number of benzene rings is 1. The molecule has 1 heterocycles. The molecule has 0 saturated heterocycles. The maximum atomic E-state index is 11.9. The summed E-state index contributed by atoms with van der Waals surface area (Å²) in [6, 6.07) is 8.03. The van der Waals surface area contributed by atoms with Gasteiger partial charge < -0.3 is 10.7 Å². The van der Waals surface area contributed by atoms with Gasteiger partial charge in [-0.1, -0.05) is 23.2 Å². The highest BCUT2D eigenvalue weighted by Gasteiger charge is 2.08. The van der Waals surface area contributed by atoms with Gasteiger partial charge in [-0.05, 0) is 30.3 Å². The Kier molecular flexibility index (Phi) is 4.21. The maximum Gasteiger partial charge on any atom is 0.274 e. The Labute approximate surface area is 119 Å². The minimum absolute atomic E-state index is 0.269. The number of nitrogens with one attached hydrogen (secondary N) is 2. The molecule has 1 aromatic heterocycles. The van der Waals surface area contributed by atoms with Crippen LogP contribution in [0.15, 0.2) is 36.5 Å². The molecule has 0 radical (unpaired) electrons. The predicted molar refractivity (Wildman–Crippen MR) is 76.5 cm³/mol. The van der Waals surface area contributed by atoms with Crippen LogP contribution in [0.2, 0.25) is 10.0 Å².